The summed E-state index contributed by atoms with van der Waals surface area (Å²) in [5, 5.41) is 2.80. The standard InChI is InChI=1S/C18H20F2N2O/c1-22(12-14-6-8-16(19)9-7-14)13-18(23)21-11-10-15-4-2-3-5-17(15)20/h2-9H,10-13H2,1H3,(H,21,23)/p+1. The summed E-state index contributed by atoms with van der Waals surface area (Å²) in [6.07, 6.45) is 0.468. The molecular formula is C18H21F2N2O+. The van der Waals surface area contributed by atoms with E-state index in [0.29, 0.717) is 31.6 Å². The lowest BCUT2D eigenvalue weighted by molar-refractivity contribution is -0.885. The number of rotatable bonds is 7. The highest BCUT2D eigenvalue weighted by molar-refractivity contribution is 5.76. The number of hydrogen-bond donors (Lipinski definition) is 2. The Labute approximate surface area is 134 Å². The SMILES string of the molecule is C[NH+](CC(=O)NCCc1ccccc1F)Cc1ccc(F)cc1. The zero-order valence-electron chi connectivity index (χ0n) is 13.1. The third kappa shape index (κ3) is 5.79. The molecule has 23 heavy (non-hydrogen) atoms. The molecule has 3 nitrogen and oxygen atoms in total. The van der Waals surface area contributed by atoms with Gasteiger partial charge < -0.3 is 10.2 Å². The lowest BCUT2D eigenvalue weighted by Crippen LogP contribution is -3.08. The van der Waals surface area contributed by atoms with Gasteiger partial charge in [0.15, 0.2) is 6.54 Å². The van der Waals surface area contributed by atoms with Gasteiger partial charge in [0.05, 0.1) is 7.05 Å². The summed E-state index contributed by atoms with van der Waals surface area (Å²) in [4.78, 5) is 12.9. The van der Waals surface area contributed by atoms with Crippen LogP contribution in [-0.4, -0.2) is 26.0 Å². The van der Waals surface area contributed by atoms with Crippen LogP contribution in [0, 0.1) is 11.6 Å². The number of amides is 1. The number of quaternary nitrogens is 1. The number of likely N-dealkylation sites (N-methyl/N-ethyl adjacent to an activating group) is 1. The molecule has 122 valence electrons. The monoisotopic (exact) mass is 319 g/mol. The number of halogens is 2. The van der Waals surface area contributed by atoms with E-state index in [1.54, 1.807) is 30.3 Å². The highest BCUT2D eigenvalue weighted by Gasteiger charge is 2.10. The van der Waals surface area contributed by atoms with Crippen LogP contribution >= 0.6 is 0 Å². The molecule has 0 saturated heterocycles. The Bertz CT molecular complexity index is 644. The number of carbonyl (C=O) groups excluding carboxylic acids is 1. The van der Waals surface area contributed by atoms with Crippen LogP contribution in [0.3, 0.4) is 0 Å². The van der Waals surface area contributed by atoms with E-state index < -0.39 is 0 Å². The summed E-state index contributed by atoms with van der Waals surface area (Å²) in [6.45, 7) is 1.36. The Morgan fingerprint density at radius 3 is 2.48 bits per heavy atom. The number of nitrogens with one attached hydrogen (secondary N) is 2. The molecule has 0 aliphatic heterocycles. The number of benzene rings is 2. The fourth-order valence-electron chi connectivity index (χ4n) is 2.39. The second-order valence-corrected chi connectivity index (χ2v) is 5.63. The van der Waals surface area contributed by atoms with E-state index >= 15 is 0 Å². The average molecular weight is 319 g/mol. The first kappa shape index (κ1) is 17.1. The van der Waals surface area contributed by atoms with Crippen molar-refractivity contribution in [3.8, 4) is 0 Å². The second-order valence-electron chi connectivity index (χ2n) is 5.63. The van der Waals surface area contributed by atoms with Crippen molar-refractivity contribution in [3.05, 3.63) is 71.3 Å². The lowest BCUT2D eigenvalue weighted by Gasteiger charge is -2.14. The van der Waals surface area contributed by atoms with Crippen LogP contribution in [0.15, 0.2) is 48.5 Å². The van der Waals surface area contributed by atoms with Crippen molar-refractivity contribution in [1.82, 2.24) is 5.32 Å². The first-order valence-electron chi connectivity index (χ1n) is 7.60. The molecule has 1 unspecified atom stereocenters. The molecule has 1 atom stereocenters. The van der Waals surface area contributed by atoms with Gasteiger partial charge in [0.25, 0.3) is 5.91 Å². The van der Waals surface area contributed by atoms with Gasteiger partial charge in [-0.2, -0.15) is 0 Å². The van der Waals surface area contributed by atoms with E-state index in [0.717, 1.165) is 10.5 Å². The molecule has 0 bridgehead atoms. The average Bonchev–Trinajstić information content (AvgIpc) is 2.51. The Morgan fingerprint density at radius 1 is 1.09 bits per heavy atom. The van der Waals surface area contributed by atoms with E-state index in [-0.39, 0.29) is 17.5 Å². The highest BCUT2D eigenvalue weighted by atomic mass is 19.1. The topological polar surface area (TPSA) is 33.5 Å². The van der Waals surface area contributed by atoms with Crippen LogP contribution in [-0.2, 0) is 17.8 Å². The minimum atomic E-state index is -0.266. The van der Waals surface area contributed by atoms with Gasteiger partial charge >= 0.3 is 0 Å². The maximum Gasteiger partial charge on any atom is 0.275 e. The fraction of sp³-hybridized carbons (Fsp3) is 0.278. The highest BCUT2D eigenvalue weighted by Crippen LogP contribution is 2.06. The van der Waals surface area contributed by atoms with Crippen LogP contribution in [0.4, 0.5) is 8.78 Å². The second kappa shape index (κ2) is 8.39. The molecule has 2 aromatic carbocycles. The molecule has 1 amide bonds. The summed E-state index contributed by atoms with van der Waals surface area (Å²) < 4.78 is 26.3. The molecule has 0 aromatic heterocycles. The van der Waals surface area contributed by atoms with Crippen molar-refractivity contribution in [2.45, 2.75) is 13.0 Å². The first-order chi connectivity index (χ1) is 11.0. The van der Waals surface area contributed by atoms with E-state index in [2.05, 4.69) is 5.32 Å². The van der Waals surface area contributed by atoms with E-state index in [9.17, 15) is 13.6 Å². The van der Waals surface area contributed by atoms with Crippen molar-refractivity contribution < 1.29 is 18.5 Å². The molecule has 0 aliphatic carbocycles. The first-order valence-corrected chi connectivity index (χ1v) is 7.60. The van der Waals surface area contributed by atoms with Gasteiger partial charge in [-0.1, -0.05) is 30.3 Å². The summed E-state index contributed by atoms with van der Waals surface area (Å²) in [5.41, 5.74) is 1.57. The molecule has 5 heteroatoms. The van der Waals surface area contributed by atoms with Crippen LogP contribution in [0.2, 0.25) is 0 Å². The van der Waals surface area contributed by atoms with E-state index in [1.807, 2.05) is 7.05 Å². The van der Waals surface area contributed by atoms with E-state index in [4.69, 9.17) is 0 Å². The van der Waals surface area contributed by atoms with Crippen LogP contribution < -0.4 is 10.2 Å². The molecule has 0 heterocycles. The van der Waals surface area contributed by atoms with Gasteiger partial charge in [-0.15, -0.1) is 0 Å². The molecule has 0 aliphatic rings. The van der Waals surface area contributed by atoms with Crippen LogP contribution in [0.1, 0.15) is 11.1 Å². The van der Waals surface area contributed by atoms with Crippen molar-refractivity contribution in [2.75, 3.05) is 20.1 Å². The minimum absolute atomic E-state index is 0.0825. The number of carbonyl (C=O) groups is 1. The smallest absolute Gasteiger partial charge is 0.275 e. The molecule has 2 N–H and O–H groups in total. The Morgan fingerprint density at radius 2 is 1.78 bits per heavy atom. The Hall–Kier alpha value is -2.27. The third-order valence-electron chi connectivity index (χ3n) is 3.56. The summed E-state index contributed by atoms with van der Waals surface area (Å²) in [6, 6.07) is 12.8. The molecular weight excluding hydrogens is 298 g/mol. The minimum Gasteiger partial charge on any atom is -0.351 e. The van der Waals surface area contributed by atoms with Crippen LogP contribution in [0.25, 0.3) is 0 Å². The normalized spacial score (nSPS) is 12.0. The van der Waals surface area contributed by atoms with Crippen molar-refractivity contribution in [1.29, 1.82) is 0 Å². The third-order valence-corrected chi connectivity index (χ3v) is 3.56. The van der Waals surface area contributed by atoms with E-state index in [1.165, 1.54) is 18.2 Å². The van der Waals surface area contributed by atoms with Crippen molar-refractivity contribution in [2.24, 2.45) is 0 Å². The van der Waals surface area contributed by atoms with Gasteiger partial charge in [0.2, 0.25) is 0 Å². The predicted octanol–water partition coefficient (Wildman–Crippen LogP) is 1.34. The van der Waals surface area contributed by atoms with Gasteiger partial charge in [-0.05, 0) is 30.2 Å². The predicted molar refractivity (Wildman–Crippen MR) is 85.0 cm³/mol. The fourth-order valence-corrected chi connectivity index (χ4v) is 2.39. The van der Waals surface area contributed by atoms with Gasteiger partial charge in [0.1, 0.15) is 18.2 Å². The summed E-state index contributed by atoms with van der Waals surface area (Å²) in [5.74, 6) is -0.598. The molecule has 2 rings (SSSR count). The summed E-state index contributed by atoms with van der Waals surface area (Å²) >= 11 is 0. The zero-order valence-corrected chi connectivity index (χ0v) is 13.1. The summed E-state index contributed by atoms with van der Waals surface area (Å²) in [7, 11) is 1.90. The van der Waals surface area contributed by atoms with Gasteiger partial charge in [-0.3, -0.25) is 4.79 Å². The van der Waals surface area contributed by atoms with Crippen LogP contribution in [0.5, 0.6) is 0 Å². The molecule has 0 spiro atoms. The molecule has 0 fully saturated rings. The largest absolute Gasteiger partial charge is 0.351 e. The Kier molecular flexibility index (Phi) is 6.23. The zero-order chi connectivity index (χ0) is 16.7. The number of hydrogen-bond acceptors (Lipinski definition) is 1. The maximum atomic E-state index is 13.5. The molecule has 0 saturated carbocycles. The van der Waals surface area contributed by atoms with Gasteiger partial charge in [-0.25, -0.2) is 8.78 Å². The van der Waals surface area contributed by atoms with Crippen molar-refractivity contribution in [3.63, 3.8) is 0 Å². The maximum absolute atomic E-state index is 13.5. The quantitative estimate of drug-likeness (QED) is 0.793. The lowest BCUT2D eigenvalue weighted by atomic mass is 10.1. The Balaban J connectivity index is 1.71. The molecule has 2 aromatic rings. The van der Waals surface area contributed by atoms with Crippen molar-refractivity contribution >= 4 is 5.91 Å². The molecule has 0 radical (unpaired) electrons. The van der Waals surface area contributed by atoms with Gasteiger partial charge in [0, 0.05) is 12.1 Å².